The number of ether oxygens (including phenoxy) is 1. The summed E-state index contributed by atoms with van der Waals surface area (Å²) in [4.78, 5) is 22.8. The lowest BCUT2D eigenvalue weighted by Crippen LogP contribution is -2.12. The third kappa shape index (κ3) is 6.19. The third-order valence-corrected chi connectivity index (χ3v) is 5.63. The Hall–Kier alpha value is -3.67. The first kappa shape index (κ1) is 24.0. The first-order valence-electron chi connectivity index (χ1n) is 11.3. The van der Waals surface area contributed by atoms with E-state index < -0.39 is 10.9 Å². The molecule has 0 amide bonds. The van der Waals surface area contributed by atoms with Crippen LogP contribution in [0.5, 0.6) is 5.75 Å². The molecule has 0 aliphatic heterocycles. The molecular formula is C27H29NO5. The Labute approximate surface area is 194 Å². The molecule has 3 aromatic rings. The number of unbranched alkanes of at least 4 members (excludes halogenated alkanes) is 3. The lowest BCUT2D eigenvalue weighted by Gasteiger charge is -2.15. The second kappa shape index (κ2) is 11.3. The summed E-state index contributed by atoms with van der Waals surface area (Å²) in [6.07, 6.45) is 5.28. The van der Waals surface area contributed by atoms with Gasteiger partial charge in [0.2, 0.25) is 0 Å². The van der Waals surface area contributed by atoms with Gasteiger partial charge in [0, 0.05) is 6.07 Å². The highest BCUT2D eigenvalue weighted by Gasteiger charge is 2.19. The number of carbonyl (C=O) groups is 1. The van der Waals surface area contributed by atoms with Crippen LogP contribution in [0, 0.1) is 10.1 Å². The number of hydrogen-bond donors (Lipinski definition) is 1. The predicted molar refractivity (Wildman–Crippen MR) is 130 cm³/mol. The van der Waals surface area contributed by atoms with Crippen molar-refractivity contribution in [1.82, 2.24) is 0 Å². The van der Waals surface area contributed by atoms with Crippen LogP contribution in [0.15, 0.2) is 66.7 Å². The highest BCUT2D eigenvalue weighted by atomic mass is 16.6. The monoisotopic (exact) mass is 447 g/mol. The summed E-state index contributed by atoms with van der Waals surface area (Å²) in [6, 6.07) is 19.1. The standard InChI is InChI=1S/C27H29NO5/c1-3-4-5-6-9-19(2)33-26-17-16-22(18-25(26)28(31)32)20-12-14-21(15-13-20)23-10-7-8-11-24(23)27(29)30/h7-8,10-19H,3-6,9H2,1-2H3,(H,29,30). The highest BCUT2D eigenvalue weighted by Crippen LogP contribution is 2.34. The van der Waals surface area contributed by atoms with Crippen LogP contribution in [-0.4, -0.2) is 22.1 Å². The van der Waals surface area contributed by atoms with Gasteiger partial charge in [0.25, 0.3) is 0 Å². The van der Waals surface area contributed by atoms with E-state index in [1.807, 2.05) is 37.3 Å². The molecule has 1 atom stereocenters. The first-order valence-corrected chi connectivity index (χ1v) is 11.3. The Morgan fingerprint density at radius 2 is 1.64 bits per heavy atom. The Kier molecular flexibility index (Phi) is 8.19. The summed E-state index contributed by atoms with van der Waals surface area (Å²) >= 11 is 0. The fourth-order valence-corrected chi connectivity index (χ4v) is 3.84. The summed E-state index contributed by atoms with van der Waals surface area (Å²) < 4.78 is 5.89. The van der Waals surface area contributed by atoms with Gasteiger partial charge in [-0.1, -0.05) is 74.7 Å². The molecule has 3 aromatic carbocycles. The minimum atomic E-state index is -0.986. The maximum atomic E-state index is 11.7. The molecule has 0 aromatic heterocycles. The van der Waals surface area contributed by atoms with Crippen molar-refractivity contribution in [3.8, 4) is 28.0 Å². The fraction of sp³-hybridized carbons (Fsp3) is 0.296. The van der Waals surface area contributed by atoms with Gasteiger partial charge in [0.15, 0.2) is 5.75 Å². The lowest BCUT2D eigenvalue weighted by molar-refractivity contribution is -0.386. The van der Waals surface area contributed by atoms with E-state index in [1.165, 1.54) is 12.5 Å². The van der Waals surface area contributed by atoms with Gasteiger partial charge in [-0.05, 0) is 54.2 Å². The molecule has 0 saturated heterocycles. The maximum Gasteiger partial charge on any atom is 0.336 e. The zero-order valence-corrected chi connectivity index (χ0v) is 19.0. The average Bonchev–Trinajstić information content (AvgIpc) is 2.82. The molecule has 0 bridgehead atoms. The summed E-state index contributed by atoms with van der Waals surface area (Å²) in [5, 5.41) is 21.1. The van der Waals surface area contributed by atoms with Gasteiger partial charge in [-0.15, -0.1) is 0 Å². The Balaban J connectivity index is 1.80. The van der Waals surface area contributed by atoms with Gasteiger partial charge < -0.3 is 9.84 Å². The molecule has 0 radical (unpaired) electrons. The number of aromatic carboxylic acids is 1. The maximum absolute atomic E-state index is 11.7. The Morgan fingerprint density at radius 3 is 2.30 bits per heavy atom. The molecule has 0 aliphatic carbocycles. The molecule has 33 heavy (non-hydrogen) atoms. The number of carboxylic acids is 1. The number of benzene rings is 3. The minimum Gasteiger partial charge on any atom is -0.484 e. The van der Waals surface area contributed by atoms with Crippen molar-refractivity contribution in [2.24, 2.45) is 0 Å². The molecule has 1 N–H and O–H groups in total. The van der Waals surface area contributed by atoms with Crippen LogP contribution in [0.4, 0.5) is 5.69 Å². The normalized spacial score (nSPS) is 11.7. The zero-order chi connectivity index (χ0) is 23.8. The van der Waals surface area contributed by atoms with E-state index in [-0.39, 0.29) is 23.1 Å². The molecule has 0 aliphatic rings. The van der Waals surface area contributed by atoms with Crippen molar-refractivity contribution < 1.29 is 19.6 Å². The summed E-state index contributed by atoms with van der Waals surface area (Å²) in [6.45, 7) is 4.10. The largest absolute Gasteiger partial charge is 0.484 e. The minimum absolute atomic E-state index is 0.0618. The quantitative estimate of drug-likeness (QED) is 0.188. The fourth-order valence-electron chi connectivity index (χ4n) is 3.84. The number of nitro benzene ring substituents is 1. The first-order chi connectivity index (χ1) is 15.9. The molecule has 3 rings (SSSR count). The average molecular weight is 448 g/mol. The van der Waals surface area contributed by atoms with Crippen molar-refractivity contribution in [1.29, 1.82) is 0 Å². The third-order valence-electron chi connectivity index (χ3n) is 5.63. The van der Waals surface area contributed by atoms with Crippen LogP contribution in [0.1, 0.15) is 56.3 Å². The van der Waals surface area contributed by atoms with Gasteiger partial charge in [-0.25, -0.2) is 4.79 Å². The topological polar surface area (TPSA) is 89.7 Å². The predicted octanol–water partition coefficient (Wildman–Crippen LogP) is 7.36. The van der Waals surface area contributed by atoms with Crippen LogP contribution in [0.2, 0.25) is 0 Å². The Bertz CT molecular complexity index is 1110. The Morgan fingerprint density at radius 1 is 0.970 bits per heavy atom. The van der Waals surface area contributed by atoms with Crippen molar-refractivity contribution in [3.05, 3.63) is 82.4 Å². The molecule has 0 saturated carbocycles. The second-order valence-corrected chi connectivity index (χ2v) is 8.15. The number of nitro groups is 1. The number of nitrogens with zero attached hydrogens (tertiary/aromatic N) is 1. The molecule has 6 heteroatoms. The van der Waals surface area contributed by atoms with Crippen LogP contribution in [0.3, 0.4) is 0 Å². The van der Waals surface area contributed by atoms with Gasteiger partial charge in [0.1, 0.15) is 0 Å². The van der Waals surface area contributed by atoms with Gasteiger partial charge in [0.05, 0.1) is 16.6 Å². The number of hydrogen-bond acceptors (Lipinski definition) is 4. The van der Waals surface area contributed by atoms with Gasteiger partial charge >= 0.3 is 11.7 Å². The SMILES string of the molecule is CCCCCCC(C)Oc1ccc(-c2ccc(-c3ccccc3C(=O)O)cc2)cc1[N+](=O)[O-]. The zero-order valence-electron chi connectivity index (χ0n) is 19.0. The van der Waals surface area contributed by atoms with Crippen LogP contribution >= 0.6 is 0 Å². The smallest absolute Gasteiger partial charge is 0.336 e. The molecule has 1 unspecified atom stereocenters. The number of rotatable bonds is 11. The van der Waals surface area contributed by atoms with E-state index in [0.717, 1.165) is 36.8 Å². The molecule has 6 nitrogen and oxygen atoms in total. The van der Waals surface area contributed by atoms with E-state index in [9.17, 15) is 20.0 Å². The highest BCUT2D eigenvalue weighted by molar-refractivity contribution is 5.96. The van der Waals surface area contributed by atoms with Crippen molar-refractivity contribution in [3.63, 3.8) is 0 Å². The summed E-state index contributed by atoms with van der Waals surface area (Å²) in [5.41, 5.74) is 3.05. The summed E-state index contributed by atoms with van der Waals surface area (Å²) in [5.74, 6) is -0.709. The molecule has 0 heterocycles. The van der Waals surface area contributed by atoms with Crippen LogP contribution < -0.4 is 4.74 Å². The van der Waals surface area contributed by atoms with E-state index in [2.05, 4.69) is 6.92 Å². The van der Waals surface area contributed by atoms with E-state index in [0.29, 0.717) is 11.1 Å². The molecular weight excluding hydrogens is 418 g/mol. The van der Waals surface area contributed by atoms with Crippen LogP contribution in [0.25, 0.3) is 22.3 Å². The molecule has 172 valence electrons. The van der Waals surface area contributed by atoms with Crippen molar-refractivity contribution in [2.45, 2.75) is 52.1 Å². The molecule has 0 fully saturated rings. The summed E-state index contributed by atoms with van der Waals surface area (Å²) in [7, 11) is 0. The molecule has 0 spiro atoms. The van der Waals surface area contributed by atoms with Crippen molar-refractivity contribution in [2.75, 3.05) is 0 Å². The second-order valence-electron chi connectivity index (χ2n) is 8.15. The van der Waals surface area contributed by atoms with Crippen LogP contribution in [-0.2, 0) is 0 Å². The van der Waals surface area contributed by atoms with E-state index in [1.54, 1.807) is 30.3 Å². The van der Waals surface area contributed by atoms with E-state index >= 15 is 0 Å². The lowest BCUT2D eigenvalue weighted by atomic mass is 9.97. The van der Waals surface area contributed by atoms with E-state index in [4.69, 9.17) is 4.74 Å². The number of carboxylic acid groups (broad SMARTS) is 1. The van der Waals surface area contributed by atoms with Crippen molar-refractivity contribution >= 4 is 11.7 Å². The van der Waals surface area contributed by atoms with Gasteiger partial charge in [-0.2, -0.15) is 0 Å². The van der Waals surface area contributed by atoms with Gasteiger partial charge in [-0.3, -0.25) is 10.1 Å².